The summed E-state index contributed by atoms with van der Waals surface area (Å²) in [6, 6.07) is 14.1. The number of ether oxygens (including phenoxy) is 1. The Kier molecular flexibility index (Phi) is 4.80. The topological polar surface area (TPSA) is 73.4 Å². The second-order valence-corrected chi connectivity index (χ2v) is 6.26. The lowest BCUT2D eigenvalue weighted by atomic mass is 10.1. The Balaban J connectivity index is 1.68. The van der Waals surface area contributed by atoms with Crippen molar-refractivity contribution in [2.45, 2.75) is 13.1 Å². The van der Waals surface area contributed by atoms with Gasteiger partial charge in [-0.1, -0.05) is 30.3 Å². The van der Waals surface area contributed by atoms with Crippen LogP contribution in [0.4, 0.5) is 5.82 Å². The van der Waals surface area contributed by atoms with Gasteiger partial charge in [0.15, 0.2) is 11.5 Å². The highest BCUT2D eigenvalue weighted by Crippen LogP contribution is 2.24. The molecule has 8 nitrogen and oxygen atoms in total. The third-order valence-electron chi connectivity index (χ3n) is 4.41. The Labute approximate surface area is 157 Å². The summed E-state index contributed by atoms with van der Waals surface area (Å²) in [5.41, 5.74) is 2.78. The Bertz CT molecular complexity index is 1020. The molecule has 0 unspecified atom stereocenters. The zero-order chi connectivity index (χ0) is 18.6. The van der Waals surface area contributed by atoms with Crippen LogP contribution in [-0.4, -0.2) is 50.1 Å². The van der Waals surface area contributed by atoms with E-state index in [1.54, 1.807) is 19.6 Å². The molecule has 138 valence electrons. The number of hydrogen-bond acceptors (Lipinski definition) is 6. The molecule has 0 aliphatic carbocycles. The van der Waals surface area contributed by atoms with Crippen molar-refractivity contribution in [2.75, 3.05) is 25.7 Å². The van der Waals surface area contributed by atoms with Crippen LogP contribution in [0.25, 0.3) is 16.9 Å². The van der Waals surface area contributed by atoms with E-state index < -0.39 is 0 Å². The van der Waals surface area contributed by atoms with Crippen LogP contribution in [-0.2, 0) is 17.8 Å². The van der Waals surface area contributed by atoms with Gasteiger partial charge in [0.2, 0.25) is 0 Å². The van der Waals surface area contributed by atoms with Gasteiger partial charge in [-0.05, 0) is 0 Å². The third kappa shape index (κ3) is 3.52. The summed E-state index contributed by atoms with van der Waals surface area (Å²) in [6.45, 7) is 1.93. The maximum Gasteiger partial charge on any atom is 0.157 e. The average Bonchev–Trinajstić information content (AvgIpc) is 3.35. The van der Waals surface area contributed by atoms with Gasteiger partial charge in [0.05, 0.1) is 25.0 Å². The van der Waals surface area contributed by atoms with E-state index in [9.17, 15) is 0 Å². The molecule has 0 atom stereocenters. The summed E-state index contributed by atoms with van der Waals surface area (Å²) in [5.74, 6) is 1.80. The summed E-state index contributed by atoms with van der Waals surface area (Å²) in [7, 11) is 3.70. The molecule has 0 amide bonds. The van der Waals surface area contributed by atoms with Crippen molar-refractivity contribution in [2.24, 2.45) is 0 Å². The first-order valence-corrected chi connectivity index (χ1v) is 8.73. The molecule has 4 aromatic rings. The van der Waals surface area contributed by atoms with E-state index in [0.717, 1.165) is 35.1 Å². The number of anilines is 1. The van der Waals surface area contributed by atoms with Crippen LogP contribution in [0.2, 0.25) is 0 Å². The number of rotatable bonds is 7. The smallest absolute Gasteiger partial charge is 0.157 e. The molecule has 1 aromatic carbocycles. The van der Waals surface area contributed by atoms with Gasteiger partial charge < -0.3 is 14.2 Å². The van der Waals surface area contributed by atoms with E-state index in [-0.39, 0.29) is 0 Å². The molecule has 0 bridgehead atoms. The first-order chi connectivity index (χ1) is 13.3. The fraction of sp³-hybridized carbons (Fsp3) is 0.263. The Hall–Kier alpha value is -3.26. The molecule has 0 spiro atoms. The molecule has 0 aliphatic heterocycles. The summed E-state index contributed by atoms with van der Waals surface area (Å²) in [5, 5.41) is 12.7. The molecular formula is C19H21N7O. The molecule has 0 saturated carbocycles. The lowest BCUT2D eigenvalue weighted by Gasteiger charge is -2.20. The van der Waals surface area contributed by atoms with E-state index in [2.05, 4.69) is 32.3 Å². The van der Waals surface area contributed by atoms with Crippen molar-refractivity contribution in [1.29, 1.82) is 0 Å². The number of nitrogens with zero attached hydrogens (tertiary/aromatic N) is 7. The van der Waals surface area contributed by atoms with E-state index in [1.165, 1.54) is 0 Å². The largest absolute Gasteiger partial charge is 0.383 e. The van der Waals surface area contributed by atoms with Gasteiger partial charge in [-0.15, -0.1) is 10.2 Å². The zero-order valence-corrected chi connectivity index (χ0v) is 15.4. The van der Waals surface area contributed by atoms with E-state index in [0.29, 0.717) is 13.2 Å². The van der Waals surface area contributed by atoms with Crippen LogP contribution in [0.3, 0.4) is 0 Å². The molecule has 4 rings (SSSR count). The fourth-order valence-corrected chi connectivity index (χ4v) is 3.00. The van der Waals surface area contributed by atoms with E-state index in [1.807, 2.05) is 46.5 Å². The quantitative estimate of drug-likeness (QED) is 0.501. The summed E-state index contributed by atoms with van der Waals surface area (Å²) >= 11 is 0. The molecule has 27 heavy (non-hydrogen) atoms. The van der Waals surface area contributed by atoms with Crippen LogP contribution in [0, 0.1) is 0 Å². The highest BCUT2D eigenvalue weighted by Gasteiger charge is 2.14. The maximum atomic E-state index is 5.16. The van der Waals surface area contributed by atoms with Gasteiger partial charge in [0.25, 0.3) is 0 Å². The van der Waals surface area contributed by atoms with Crippen LogP contribution in [0.1, 0.15) is 5.82 Å². The van der Waals surface area contributed by atoms with E-state index >= 15 is 0 Å². The molecule has 8 heteroatoms. The highest BCUT2D eigenvalue weighted by molar-refractivity contribution is 5.66. The number of fused-ring (bicyclic) bond motifs is 1. The first kappa shape index (κ1) is 17.2. The minimum absolute atomic E-state index is 0.594. The van der Waals surface area contributed by atoms with Crippen molar-refractivity contribution in [1.82, 2.24) is 29.4 Å². The minimum Gasteiger partial charge on any atom is -0.383 e. The molecule has 0 N–H and O–H groups in total. The number of aromatic nitrogens is 6. The SMILES string of the molecule is COCCn1cnnc1CN(C)c1cc(-c2ccccc2)nc2ccnn12. The highest BCUT2D eigenvalue weighted by atomic mass is 16.5. The van der Waals surface area contributed by atoms with Crippen molar-refractivity contribution in [3.63, 3.8) is 0 Å². The predicted molar refractivity (Wildman–Crippen MR) is 102 cm³/mol. The van der Waals surface area contributed by atoms with Crippen molar-refractivity contribution in [3.8, 4) is 11.3 Å². The second kappa shape index (κ2) is 7.55. The third-order valence-corrected chi connectivity index (χ3v) is 4.41. The van der Waals surface area contributed by atoms with Crippen molar-refractivity contribution >= 4 is 11.5 Å². The van der Waals surface area contributed by atoms with Gasteiger partial charge in [0, 0.05) is 38.4 Å². The molecule has 0 fully saturated rings. The van der Waals surface area contributed by atoms with E-state index in [4.69, 9.17) is 9.72 Å². The van der Waals surface area contributed by atoms with Crippen LogP contribution in [0.15, 0.2) is 55.0 Å². The summed E-state index contributed by atoms with van der Waals surface area (Å²) in [6.07, 6.45) is 3.49. The monoisotopic (exact) mass is 363 g/mol. The van der Waals surface area contributed by atoms with Gasteiger partial charge in [-0.25, -0.2) is 4.98 Å². The summed E-state index contributed by atoms with van der Waals surface area (Å²) < 4.78 is 8.99. The average molecular weight is 363 g/mol. The van der Waals surface area contributed by atoms with Gasteiger partial charge in [-0.2, -0.15) is 9.61 Å². The maximum absolute atomic E-state index is 5.16. The number of hydrogen-bond donors (Lipinski definition) is 0. The molecule has 0 saturated heterocycles. The Morgan fingerprint density at radius 3 is 2.81 bits per heavy atom. The molecule has 0 aliphatic rings. The normalized spacial score (nSPS) is 11.2. The van der Waals surface area contributed by atoms with Crippen molar-refractivity contribution < 1.29 is 4.74 Å². The summed E-state index contributed by atoms with van der Waals surface area (Å²) in [4.78, 5) is 6.83. The lowest BCUT2D eigenvalue weighted by molar-refractivity contribution is 0.186. The number of benzene rings is 1. The standard InChI is InChI=1S/C19H21N7O/c1-24(13-18-23-20-14-25(18)10-11-27-2)19-12-16(15-6-4-3-5-7-15)22-17-8-9-21-26(17)19/h3-9,12,14H,10-11,13H2,1-2H3. The molecule has 3 aromatic heterocycles. The van der Waals surface area contributed by atoms with Gasteiger partial charge in [-0.3, -0.25) is 0 Å². The molecule has 3 heterocycles. The van der Waals surface area contributed by atoms with Crippen molar-refractivity contribution in [3.05, 3.63) is 60.8 Å². The van der Waals surface area contributed by atoms with Gasteiger partial charge in [0.1, 0.15) is 12.1 Å². The van der Waals surface area contributed by atoms with Crippen LogP contribution >= 0.6 is 0 Å². The van der Waals surface area contributed by atoms with Crippen LogP contribution < -0.4 is 4.90 Å². The second-order valence-electron chi connectivity index (χ2n) is 6.26. The van der Waals surface area contributed by atoms with Gasteiger partial charge >= 0.3 is 0 Å². The Morgan fingerprint density at radius 1 is 1.15 bits per heavy atom. The predicted octanol–water partition coefficient (Wildman–Crippen LogP) is 2.27. The number of methoxy groups -OCH3 is 1. The Morgan fingerprint density at radius 2 is 2.00 bits per heavy atom. The lowest BCUT2D eigenvalue weighted by Crippen LogP contribution is -2.23. The minimum atomic E-state index is 0.594. The fourth-order valence-electron chi connectivity index (χ4n) is 3.00. The molecule has 0 radical (unpaired) electrons. The molecular weight excluding hydrogens is 342 g/mol. The zero-order valence-electron chi connectivity index (χ0n) is 15.4. The first-order valence-electron chi connectivity index (χ1n) is 8.73. The van der Waals surface area contributed by atoms with Crippen LogP contribution in [0.5, 0.6) is 0 Å².